The maximum absolute atomic E-state index is 14.3. The monoisotopic (exact) mass is 238 g/mol. The first-order valence-corrected chi connectivity index (χ1v) is 5.77. The van der Waals surface area contributed by atoms with E-state index < -0.39 is 17.7 Å². The molecule has 0 aromatic heterocycles. The Morgan fingerprint density at radius 3 is 2.71 bits per heavy atom. The minimum absolute atomic E-state index is 0.0276. The molecule has 1 aliphatic carbocycles. The Bertz CT molecular complexity index is 393. The Balaban J connectivity index is 2.15. The van der Waals surface area contributed by atoms with Crippen molar-refractivity contribution < 1.29 is 19.0 Å². The first-order chi connectivity index (χ1) is 8.13. The van der Waals surface area contributed by atoms with Gasteiger partial charge in [-0.05, 0) is 37.8 Å². The molecule has 0 spiro atoms. The molecule has 0 heterocycles. The minimum atomic E-state index is -2.26. The van der Waals surface area contributed by atoms with E-state index in [1.54, 1.807) is 24.3 Å². The SMILES string of the molecule is O=C(O)C1(F)CCCCC1Oc1ccccc1. The Morgan fingerprint density at radius 1 is 1.35 bits per heavy atom. The highest BCUT2D eigenvalue weighted by Gasteiger charge is 2.49. The van der Waals surface area contributed by atoms with Crippen LogP contribution in [0, 0.1) is 0 Å². The van der Waals surface area contributed by atoms with Crippen LogP contribution >= 0.6 is 0 Å². The summed E-state index contributed by atoms with van der Waals surface area (Å²) in [7, 11) is 0. The molecule has 4 heteroatoms. The van der Waals surface area contributed by atoms with Crippen molar-refractivity contribution in [1.29, 1.82) is 0 Å². The predicted molar refractivity (Wildman–Crippen MR) is 60.8 cm³/mol. The molecular weight excluding hydrogens is 223 g/mol. The molecule has 2 unspecified atom stereocenters. The van der Waals surface area contributed by atoms with Gasteiger partial charge in [0.1, 0.15) is 11.9 Å². The molecule has 0 saturated heterocycles. The average molecular weight is 238 g/mol. The molecule has 92 valence electrons. The quantitative estimate of drug-likeness (QED) is 0.880. The summed E-state index contributed by atoms with van der Waals surface area (Å²) < 4.78 is 19.8. The molecule has 1 aromatic carbocycles. The van der Waals surface area contributed by atoms with E-state index in [0.717, 1.165) is 6.42 Å². The number of ether oxygens (including phenoxy) is 1. The van der Waals surface area contributed by atoms with Crippen molar-refractivity contribution in [3.63, 3.8) is 0 Å². The molecule has 17 heavy (non-hydrogen) atoms. The highest BCUT2D eigenvalue weighted by atomic mass is 19.1. The van der Waals surface area contributed by atoms with Crippen molar-refractivity contribution in [3.05, 3.63) is 30.3 Å². The third-order valence-corrected chi connectivity index (χ3v) is 3.14. The maximum Gasteiger partial charge on any atom is 0.345 e. The highest BCUT2D eigenvalue weighted by Crippen LogP contribution is 2.35. The van der Waals surface area contributed by atoms with Gasteiger partial charge in [-0.3, -0.25) is 0 Å². The van der Waals surface area contributed by atoms with Gasteiger partial charge in [-0.25, -0.2) is 9.18 Å². The van der Waals surface area contributed by atoms with Crippen LogP contribution in [0.5, 0.6) is 5.75 Å². The van der Waals surface area contributed by atoms with Gasteiger partial charge in [0.15, 0.2) is 0 Å². The molecule has 1 aliphatic rings. The molecule has 2 rings (SSSR count). The molecule has 2 atom stereocenters. The second kappa shape index (κ2) is 4.73. The summed E-state index contributed by atoms with van der Waals surface area (Å²) in [6, 6.07) is 8.79. The summed E-state index contributed by atoms with van der Waals surface area (Å²) in [5.41, 5.74) is -2.26. The number of alkyl halides is 1. The number of rotatable bonds is 3. The molecular formula is C13H15FO3. The smallest absolute Gasteiger partial charge is 0.345 e. The molecule has 0 aliphatic heterocycles. The van der Waals surface area contributed by atoms with Crippen LogP contribution in [0.15, 0.2) is 30.3 Å². The fraction of sp³-hybridized carbons (Fsp3) is 0.462. The zero-order valence-corrected chi connectivity index (χ0v) is 9.43. The average Bonchev–Trinajstić information content (AvgIpc) is 2.33. The van der Waals surface area contributed by atoms with Gasteiger partial charge >= 0.3 is 5.97 Å². The highest BCUT2D eigenvalue weighted by molar-refractivity contribution is 5.78. The lowest BCUT2D eigenvalue weighted by Crippen LogP contribution is -2.50. The Hall–Kier alpha value is -1.58. The topological polar surface area (TPSA) is 46.5 Å². The van der Waals surface area contributed by atoms with Crippen molar-refractivity contribution in [2.75, 3.05) is 0 Å². The van der Waals surface area contributed by atoms with Crippen molar-refractivity contribution in [1.82, 2.24) is 0 Å². The number of carboxylic acid groups (broad SMARTS) is 1. The van der Waals surface area contributed by atoms with E-state index in [1.807, 2.05) is 6.07 Å². The van der Waals surface area contributed by atoms with E-state index in [1.165, 1.54) is 0 Å². The van der Waals surface area contributed by atoms with Crippen LogP contribution in [-0.4, -0.2) is 22.8 Å². The number of hydrogen-bond acceptors (Lipinski definition) is 2. The second-order valence-electron chi connectivity index (χ2n) is 4.33. The van der Waals surface area contributed by atoms with E-state index in [9.17, 15) is 9.18 Å². The summed E-state index contributed by atoms with van der Waals surface area (Å²) in [6.45, 7) is 0. The van der Waals surface area contributed by atoms with Crippen LogP contribution < -0.4 is 4.74 Å². The van der Waals surface area contributed by atoms with Crippen molar-refractivity contribution in [2.45, 2.75) is 37.5 Å². The van der Waals surface area contributed by atoms with Crippen molar-refractivity contribution >= 4 is 5.97 Å². The van der Waals surface area contributed by atoms with Gasteiger partial charge in [0.2, 0.25) is 5.67 Å². The lowest BCUT2D eigenvalue weighted by atomic mass is 9.83. The summed E-state index contributed by atoms with van der Waals surface area (Å²) in [5, 5.41) is 8.99. The van der Waals surface area contributed by atoms with E-state index in [4.69, 9.17) is 9.84 Å². The van der Waals surface area contributed by atoms with Crippen LogP contribution in [0.1, 0.15) is 25.7 Å². The fourth-order valence-electron chi connectivity index (χ4n) is 2.16. The van der Waals surface area contributed by atoms with E-state index in [2.05, 4.69) is 0 Å². The van der Waals surface area contributed by atoms with Gasteiger partial charge in [0.25, 0.3) is 0 Å². The number of halogens is 1. The second-order valence-corrected chi connectivity index (χ2v) is 4.33. The van der Waals surface area contributed by atoms with Crippen LogP contribution in [0.4, 0.5) is 4.39 Å². The number of para-hydroxylation sites is 1. The number of carboxylic acids is 1. The Labute approximate surface area is 99.2 Å². The number of aliphatic carboxylic acids is 1. The van der Waals surface area contributed by atoms with Crippen molar-refractivity contribution in [3.8, 4) is 5.75 Å². The minimum Gasteiger partial charge on any atom is -0.486 e. The predicted octanol–water partition coefficient (Wildman–Crippen LogP) is 2.80. The molecule has 0 radical (unpaired) electrons. The summed E-state index contributed by atoms with van der Waals surface area (Å²) >= 11 is 0. The molecule has 0 bridgehead atoms. The maximum atomic E-state index is 14.3. The van der Waals surface area contributed by atoms with Gasteiger partial charge in [0, 0.05) is 0 Å². The third kappa shape index (κ3) is 2.40. The van der Waals surface area contributed by atoms with Gasteiger partial charge < -0.3 is 9.84 Å². The molecule has 0 amide bonds. The van der Waals surface area contributed by atoms with Crippen LogP contribution in [0.3, 0.4) is 0 Å². The zero-order valence-electron chi connectivity index (χ0n) is 9.43. The Kier molecular flexibility index (Phi) is 3.31. The van der Waals surface area contributed by atoms with Gasteiger partial charge in [0.05, 0.1) is 0 Å². The molecule has 1 aromatic rings. The summed E-state index contributed by atoms with van der Waals surface area (Å²) in [5.74, 6) is -0.902. The zero-order chi connectivity index (χ0) is 12.3. The molecule has 1 fully saturated rings. The summed E-state index contributed by atoms with van der Waals surface area (Å²) in [4.78, 5) is 11.0. The lowest BCUT2D eigenvalue weighted by molar-refractivity contribution is -0.161. The van der Waals surface area contributed by atoms with Gasteiger partial charge in [-0.2, -0.15) is 0 Å². The van der Waals surface area contributed by atoms with Crippen LogP contribution in [-0.2, 0) is 4.79 Å². The Morgan fingerprint density at radius 2 is 2.06 bits per heavy atom. The first kappa shape index (κ1) is 11.9. The normalized spacial score (nSPS) is 28.6. The number of carbonyl (C=O) groups is 1. The summed E-state index contributed by atoms with van der Waals surface area (Å²) in [6.07, 6.45) is 0.974. The third-order valence-electron chi connectivity index (χ3n) is 3.14. The van der Waals surface area contributed by atoms with E-state index >= 15 is 0 Å². The number of hydrogen-bond donors (Lipinski definition) is 1. The van der Waals surface area contributed by atoms with Gasteiger partial charge in [-0.1, -0.05) is 18.2 Å². The van der Waals surface area contributed by atoms with Crippen LogP contribution in [0.25, 0.3) is 0 Å². The standard InChI is InChI=1S/C13H15FO3/c14-13(12(15)16)9-5-4-8-11(13)17-10-6-2-1-3-7-10/h1-3,6-7,11H,4-5,8-9H2,(H,15,16). The largest absolute Gasteiger partial charge is 0.486 e. The lowest BCUT2D eigenvalue weighted by Gasteiger charge is -2.34. The first-order valence-electron chi connectivity index (χ1n) is 5.77. The van der Waals surface area contributed by atoms with Crippen LogP contribution in [0.2, 0.25) is 0 Å². The number of benzene rings is 1. The fourth-order valence-corrected chi connectivity index (χ4v) is 2.16. The van der Waals surface area contributed by atoms with E-state index in [0.29, 0.717) is 18.6 Å². The van der Waals surface area contributed by atoms with Crippen molar-refractivity contribution in [2.24, 2.45) is 0 Å². The van der Waals surface area contributed by atoms with E-state index in [-0.39, 0.29) is 6.42 Å². The molecule has 1 saturated carbocycles. The molecule has 3 nitrogen and oxygen atoms in total. The van der Waals surface area contributed by atoms with Gasteiger partial charge in [-0.15, -0.1) is 0 Å². The molecule has 1 N–H and O–H groups in total.